The highest BCUT2D eigenvalue weighted by Crippen LogP contribution is 2.40. The maximum Gasteiger partial charge on any atom is 0.410 e. The maximum atomic E-state index is 15.4. The molecule has 3 saturated heterocycles. The highest BCUT2D eigenvalue weighted by molar-refractivity contribution is 9.10. The molecule has 2 bridgehead atoms. The third-order valence-corrected chi connectivity index (χ3v) is 9.18. The van der Waals surface area contributed by atoms with Crippen LogP contribution in [0, 0.1) is 5.82 Å². The summed E-state index contributed by atoms with van der Waals surface area (Å²) < 4.78 is 27.3. The van der Waals surface area contributed by atoms with Crippen LogP contribution in [0.5, 0.6) is 6.01 Å². The number of rotatable bonds is 5. The van der Waals surface area contributed by atoms with Crippen LogP contribution < -0.4 is 9.64 Å². The zero-order valence-electron chi connectivity index (χ0n) is 22.1. The van der Waals surface area contributed by atoms with Crippen LogP contribution in [-0.4, -0.2) is 94.1 Å². The second-order valence-electron chi connectivity index (χ2n) is 11.6. The molecule has 2 unspecified atom stereocenters. The van der Waals surface area contributed by atoms with Gasteiger partial charge in [0.15, 0.2) is 5.82 Å². The number of likely N-dealkylation sites (tertiary alicyclic amines) is 1. The number of ether oxygens (including phenoxy) is 2. The lowest BCUT2D eigenvalue weighted by atomic mass is 9.99. The van der Waals surface area contributed by atoms with Gasteiger partial charge in [-0.15, -0.1) is 0 Å². The molecule has 5 rings (SSSR count). The number of fused-ring (bicyclic) bond motifs is 3. The molecule has 208 valence electrons. The summed E-state index contributed by atoms with van der Waals surface area (Å²) in [5.74, 6) is -0.0805. The number of nitrogens with zero attached hydrogens (tertiary/aromatic N) is 5. The van der Waals surface area contributed by atoms with Crippen LogP contribution >= 0.6 is 27.5 Å². The van der Waals surface area contributed by atoms with Gasteiger partial charge in [0.05, 0.1) is 33.7 Å². The van der Waals surface area contributed by atoms with Crippen LogP contribution in [-0.2, 0) is 4.74 Å². The van der Waals surface area contributed by atoms with Crippen molar-refractivity contribution in [2.75, 3.05) is 44.8 Å². The molecule has 3 aliphatic heterocycles. The first kappa shape index (κ1) is 27.6. The minimum Gasteiger partial charge on any atom is -0.461 e. The Morgan fingerprint density at radius 1 is 1.29 bits per heavy atom. The predicted octanol–water partition coefficient (Wildman–Crippen LogP) is 4.61. The summed E-state index contributed by atoms with van der Waals surface area (Å²) in [4.78, 5) is 28.1. The van der Waals surface area contributed by atoms with Crippen molar-refractivity contribution in [1.29, 1.82) is 0 Å². The zero-order valence-corrected chi connectivity index (χ0v) is 24.5. The number of aliphatic hydroxyl groups is 1. The Hall–Kier alpha value is -1.95. The standard InChI is InChI=1S/C26H34BrClFN5O4/c1-25(2,3)38-24(36)34-15-6-7-16(34)12-33(11-15)22-17-10-18(28)19(27)20(29)21(17)30-23(31-22)37-14-26(13-35)8-5-9-32(26)4/h10,15-16,35H,5-9,11-14H2,1-4H3/t15?,16?,26-/m1/s1. The van der Waals surface area contributed by atoms with Crippen molar-refractivity contribution in [3.05, 3.63) is 21.4 Å². The summed E-state index contributed by atoms with van der Waals surface area (Å²) in [5.41, 5.74) is -1.01. The first-order valence-electron chi connectivity index (χ1n) is 13.0. The summed E-state index contributed by atoms with van der Waals surface area (Å²) in [6, 6.07) is 1.58. The summed E-state index contributed by atoms with van der Waals surface area (Å²) in [6.45, 7) is 7.58. The van der Waals surface area contributed by atoms with Gasteiger partial charge in [0.25, 0.3) is 0 Å². The lowest BCUT2D eigenvalue weighted by Crippen LogP contribution is -2.57. The highest BCUT2D eigenvalue weighted by Gasteiger charge is 2.45. The number of piperazine rings is 1. The molecule has 3 aliphatic rings. The molecular formula is C26H34BrClFN5O4. The summed E-state index contributed by atoms with van der Waals surface area (Å²) in [7, 11) is 1.96. The van der Waals surface area contributed by atoms with Crippen LogP contribution in [0.2, 0.25) is 5.02 Å². The van der Waals surface area contributed by atoms with E-state index in [1.165, 1.54) is 0 Å². The van der Waals surface area contributed by atoms with Crippen LogP contribution in [0.1, 0.15) is 46.5 Å². The lowest BCUT2D eigenvalue weighted by Gasteiger charge is -2.42. The molecule has 1 amide bonds. The van der Waals surface area contributed by atoms with Gasteiger partial charge in [-0.25, -0.2) is 9.18 Å². The van der Waals surface area contributed by atoms with Gasteiger partial charge in [-0.05, 0) is 82.0 Å². The van der Waals surface area contributed by atoms with Gasteiger partial charge < -0.3 is 19.5 Å². The topological polar surface area (TPSA) is 91.3 Å². The van der Waals surface area contributed by atoms with Crippen LogP contribution in [0.4, 0.5) is 15.0 Å². The second-order valence-corrected chi connectivity index (χ2v) is 12.8. The Labute approximate surface area is 235 Å². The van der Waals surface area contributed by atoms with E-state index in [9.17, 15) is 9.90 Å². The number of hydrogen-bond donors (Lipinski definition) is 1. The molecular weight excluding hydrogens is 581 g/mol. The molecule has 1 aromatic heterocycles. The van der Waals surface area contributed by atoms with E-state index in [1.54, 1.807) is 6.07 Å². The molecule has 0 saturated carbocycles. The van der Waals surface area contributed by atoms with E-state index in [0.717, 1.165) is 32.2 Å². The predicted molar refractivity (Wildman–Crippen MR) is 146 cm³/mol. The van der Waals surface area contributed by atoms with Crippen molar-refractivity contribution in [3.63, 3.8) is 0 Å². The van der Waals surface area contributed by atoms with E-state index < -0.39 is 17.0 Å². The van der Waals surface area contributed by atoms with Crippen LogP contribution in [0.15, 0.2) is 10.5 Å². The highest BCUT2D eigenvalue weighted by atomic mass is 79.9. The number of anilines is 1. The molecule has 3 atom stereocenters. The Morgan fingerprint density at radius 3 is 2.55 bits per heavy atom. The number of hydrogen-bond acceptors (Lipinski definition) is 8. The summed E-state index contributed by atoms with van der Waals surface area (Å²) in [6.07, 6.45) is 3.12. The van der Waals surface area contributed by atoms with Crippen molar-refractivity contribution >= 4 is 50.3 Å². The normalized spacial score (nSPS) is 25.9. The van der Waals surface area contributed by atoms with Gasteiger partial charge in [-0.3, -0.25) is 9.80 Å². The second kappa shape index (κ2) is 10.2. The number of benzene rings is 1. The van der Waals surface area contributed by atoms with Gasteiger partial charge in [-0.1, -0.05) is 11.6 Å². The lowest BCUT2D eigenvalue weighted by molar-refractivity contribution is 0.0122. The average molecular weight is 615 g/mol. The third-order valence-electron chi connectivity index (χ3n) is 7.88. The fraction of sp³-hybridized carbons (Fsp3) is 0.654. The molecule has 2 aromatic rings. The number of aliphatic hydroxyl groups excluding tert-OH is 1. The van der Waals surface area contributed by atoms with E-state index >= 15 is 4.39 Å². The third kappa shape index (κ3) is 5.02. The molecule has 0 radical (unpaired) electrons. The number of amides is 1. The number of likely N-dealkylation sites (N-methyl/N-ethyl adjacent to an activating group) is 1. The smallest absolute Gasteiger partial charge is 0.410 e. The van der Waals surface area contributed by atoms with Crippen molar-refractivity contribution in [1.82, 2.24) is 19.8 Å². The number of halogens is 3. The van der Waals surface area contributed by atoms with Crippen LogP contribution in [0.25, 0.3) is 10.9 Å². The van der Waals surface area contributed by atoms with Gasteiger partial charge in [-0.2, -0.15) is 9.97 Å². The number of carbonyl (C=O) groups excluding carboxylic acids is 1. The van der Waals surface area contributed by atoms with Crippen LogP contribution in [0.3, 0.4) is 0 Å². The number of aromatic nitrogens is 2. The Kier molecular flexibility index (Phi) is 7.43. The van der Waals surface area contributed by atoms with E-state index in [4.69, 9.17) is 26.1 Å². The molecule has 3 fully saturated rings. The van der Waals surface area contributed by atoms with E-state index in [1.807, 2.05) is 32.7 Å². The van der Waals surface area contributed by atoms with Crippen molar-refractivity contribution in [2.24, 2.45) is 0 Å². The summed E-state index contributed by atoms with van der Waals surface area (Å²) in [5, 5.41) is 10.8. The van der Waals surface area contributed by atoms with E-state index in [0.29, 0.717) is 24.3 Å². The molecule has 4 heterocycles. The first-order chi connectivity index (χ1) is 17.9. The Balaban J connectivity index is 1.48. The minimum atomic E-state index is -0.591. The minimum absolute atomic E-state index is 0.0377. The monoisotopic (exact) mass is 613 g/mol. The molecule has 0 aliphatic carbocycles. The van der Waals surface area contributed by atoms with Gasteiger partial charge >= 0.3 is 12.1 Å². The molecule has 1 N–H and O–H groups in total. The average Bonchev–Trinajstić information content (AvgIpc) is 3.36. The molecule has 0 spiro atoms. The summed E-state index contributed by atoms with van der Waals surface area (Å²) >= 11 is 9.57. The SMILES string of the molecule is CN1CCC[C@@]1(CO)COc1nc(N2CC3CCC(C2)N3C(=O)OC(C)(C)C)c2cc(Cl)c(Br)c(F)c2n1. The fourth-order valence-corrected chi connectivity index (χ4v) is 6.33. The molecule has 38 heavy (non-hydrogen) atoms. The van der Waals surface area contributed by atoms with Crippen molar-refractivity contribution in [3.8, 4) is 6.01 Å². The molecule has 9 nitrogen and oxygen atoms in total. The zero-order chi connectivity index (χ0) is 27.4. The maximum absolute atomic E-state index is 15.4. The van der Waals surface area contributed by atoms with Gasteiger partial charge in [0, 0.05) is 18.5 Å². The molecule has 1 aromatic carbocycles. The largest absolute Gasteiger partial charge is 0.461 e. The van der Waals surface area contributed by atoms with Gasteiger partial charge in [0.2, 0.25) is 0 Å². The Bertz CT molecular complexity index is 1230. The quantitative estimate of drug-likeness (QED) is 0.489. The van der Waals surface area contributed by atoms with Gasteiger partial charge in [0.1, 0.15) is 23.5 Å². The van der Waals surface area contributed by atoms with E-state index in [2.05, 4.69) is 30.7 Å². The number of carbonyl (C=O) groups is 1. The van der Waals surface area contributed by atoms with Crippen molar-refractivity contribution in [2.45, 2.75) is 69.7 Å². The Morgan fingerprint density at radius 2 is 1.97 bits per heavy atom. The molecule has 12 heteroatoms. The fourth-order valence-electron chi connectivity index (χ4n) is 5.83. The van der Waals surface area contributed by atoms with E-state index in [-0.39, 0.29) is 52.4 Å². The first-order valence-corrected chi connectivity index (χ1v) is 14.2. The van der Waals surface area contributed by atoms with Crippen molar-refractivity contribution < 1.29 is 23.8 Å².